The molecule has 0 spiro atoms. The molecule has 0 unspecified atom stereocenters. The van der Waals surface area contributed by atoms with Crippen molar-refractivity contribution in [3.8, 4) is 0 Å². The molecule has 2 aromatic heterocycles. The molecule has 3 heterocycles. The highest BCUT2D eigenvalue weighted by Crippen LogP contribution is 2.34. The van der Waals surface area contributed by atoms with Crippen LogP contribution in [0.3, 0.4) is 0 Å². The van der Waals surface area contributed by atoms with Gasteiger partial charge in [-0.05, 0) is 42.5 Å². The zero-order chi connectivity index (χ0) is 27.1. The molecule has 0 aliphatic carbocycles. The van der Waals surface area contributed by atoms with E-state index in [-0.39, 0.29) is 29.1 Å². The number of aryl methyl sites for hydroxylation is 3. The van der Waals surface area contributed by atoms with Gasteiger partial charge in [0.15, 0.2) is 5.78 Å². The number of likely N-dealkylation sites (tertiary alicyclic amines) is 1. The van der Waals surface area contributed by atoms with Crippen LogP contribution in [0.15, 0.2) is 24.8 Å². The van der Waals surface area contributed by atoms with Crippen LogP contribution in [0.25, 0.3) is 10.9 Å². The van der Waals surface area contributed by atoms with E-state index in [1.54, 1.807) is 12.0 Å². The third-order valence-corrected chi connectivity index (χ3v) is 7.68. The number of Topliss-reactive ketones (excluding diaryl/α,β-unsaturated/α-hetero) is 1. The van der Waals surface area contributed by atoms with Gasteiger partial charge in [-0.2, -0.15) is 5.10 Å². The molecule has 8 nitrogen and oxygen atoms in total. The van der Waals surface area contributed by atoms with E-state index in [9.17, 15) is 9.59 Å². The van der Waals surface area contributed by atoms with Crippen LogP contribution in [-0.2, 0) is 34.8 Å². The molecule has 1 fully saturated rings. The second-order valence-electron chi connectivity index (χ2n) is 10.9. The summed E-state index contributed by atoms with van der Waals surface area (Å²) in [6.45, 7) is 12.8. The lowest BCUT2D eigenvalue weighted by atomic mass is 9.86. The highest BCUT2D eigenvalue weighted by atomic mass is 35.5. The number of rotatable bonds is 8. The van der Waals surface area contributed by atoms with Crippen LogP contribution < -0.4 is 0 Å². The first-order valence-corrected chi connectivity index (χ1v) is 13.0. The number of H-pyrrole nitrogens is 1. The van der Waals surface area contributed by atoms with Crippen molar-refractivity contribution in [3.05, 3.63) is 58.3 Å². The topological polar surface area (TPSA) is 93.1 Å². The van der Waals surface area contributed by atoms with Crippen LogP contribution in [-0.4, -0.2) is 62.6 Å². The summed E-state index contributed by atoms with van der Waals surface area (Å²) in [5, 5.41) is 9.39. The molecular formula is C28H36ClN5O3. The fourth-order valence-electron chi connectivity index (χ4n) is 5.34. The quantitative estimate of drug-likeness (QED) is 0.343. The predicted molar refractivity (Wildman–Crippen MR) is 145 cm³/mol. The first-order chi connectivity index (χ1) is 17.4. The summed E-state index contributed by atoms with van der Waals surface area (Å²) in [6.07, 6.45) is 2.77. The van der Waals surface area contributed by atoms with Crippen molar-refractivity contribution in [1.82, 2.24) is 24.6 Å². The van der Waals surface area contributed by atoms with Crippen LogP contribution in [0.1, 0.15) is 60.5 Å². The Kier molecular flexibility index (Phi) is 7.62. The summed E-state index contributed by atoms with van der Waals surface area (Å²) >= 11 is 6.52. The number of carbonyl (C=O) groups is 2. The maximum atomic E-state index is 13.4. The second-order valence-corrected chi connectivity index (χ2v) is 11.3. The summed E-state index contributed by atoms with van der Waals surface area (Å²) in [4.78, 5) is 31.8. The smallest absolute Gasteiger partial charge is 0.246 e. The zero-order valence-corrected chi connectivity index (χ0v) is 23.3. The number of nitrogens with zero attached hydrogens (tertiary/aromatic N) is 4. The van der Waals surface area contributed by atoms with Gasteiger partial charge in [0.1, 0.15) is 11.5 Å². The average Bonchev–Trinajstić information content (AvgIpc) is 3.50. The third-order valence-electron chi connectivity index (χ3n) is 7.37. The summed E-state index contributed by atoms with van der Waals surface area (Å²) in [5.41, 5.74) is 4.18. The minimum absolute atomic E-state index is 0.00940. The van der Waals surface area contributed by atoms with E-state index < -0.39 is 0 Å². The van der Waals surface area contributed by atoms with E-state index in [0.29, 0.717) is 43.7 Å². The normalized spacial score (nSPS) is 18.1. The number of amides is 1. The first kappa shape index (κ1) is 27.1. The molecule has 198 valence electrons. The zero-order valence-electron chi connectivity index (χ0n) is 22.5. The van der Waals surface area contributed by atoms with Gasteiger partial charge in [0, 0.05) is 62.1 Å². The van der Waals surface area contributed by atoms with Crippen molar-refractivity contribution in [2.75, 3.05) is 20.2 Å². The Morgan fingerprint density at radius 1 is 1.27 bits per heavy atom. The number of fused-ring (bicyclic) bond motifs is 1. The number of ketones is 1. The predicted octanol–water partition coefficient (Wildman–Crippen LogP) is 4.57. The maximum Gasteiger partial charge on any atom is 0.246 e. The number of aromatic nitrogens is 4. The summed E-state index contributed by atoms with van der Waals surface area (Å²) in [7, 11) is 3.51. The summed E-state index contributed by atoms with van der Waals surface area (Å²) in [6, 6.07) is 4.04. The molecule has 2 atom stereocenters. The number of hydrogen-bond acceptors (Lipinski definition) is 5. The molecule has 1 N–H and O–H groups in total. The minimum atomic E-state index is -0.180. The van der Waals surface area contributed by atoms with E-state index in [1.807, 2.05) is 24.6 Å². The van der Waals surface area contributed by atoms with Crippen LogP contribution >= 0.6 is 11.6 Å². The van der Waals surface area contributed by atoms with Crippen molar-refractivity contribution >= 4 is 34.2 Å². The molecule has 4 rings (SSSR count). The van der Waals surface area contributed by atoms with Gasteiger partial charge in [0.2, 0.25) is 5.91 Å². The molecule has 0 radical (unpaired) electrons. The lowest BCUT2D eigenvalue weighted by Crippen LogP contribution is -2.28. The molecule has 3 aromatic rings. The lowest BCUT2D eigenvalue weighted by Gasteiger charge is -2.20. The van der Waals surface area contributed by atoms with Gasteiger partial charge in [-0.25, -0.2) is 4.98 Å². The van der Waals surface area contributed by atoms with Gasteiger partial charge < -0.3 is 14.2 Å². The van der Waals surface area contributed by atoms with E-state index in [0.717, 1.165) is 33.0 Å². The van der Waals surface area contributed by atoms with Crippen molar-refractivity contribution < 1.29 is 14.3 Å². The van der Waals surface area contributed by atoms with Crippen molar-refractivity contribution in [2.24, 2.45) is 13.0 Å². The van der Waals surface area contributed by atoms with Gasteiger partial charge in [-0.1, -0.05) is 39.0 Å². The van der Waals surface area contributed by atoms with Crippen LogP contribution in [0, 0.1) is 12.8 Å². The number of methoxy groups -OCH3 is 1. The van der Waals surface area contributed by atoms with Crippen LogP contribution in [0.4, 0.5) is 0 Å². The molecule has 0 bridgehead atoms. The Bertz CT molecular complexity index is 1350. The van der Waals surface area contributed by atoms with E-state index in [1.165, 1.54) is 6.08 Å². The number of imidazole rings is 1. The monoisotopic (exact) mass is 525 g/mol. The lowest BCUT2D eigenvalue weighted by molar-refractivity contribution is -0.125. The average molecular weight is 526 g/mol. The molecule has 0 saturated carbocycles. The van der Waals surface area contributed by atoms with Gasteiger partial charge in [-0.15, -0.1) is 0 Å². The molecule has 1 aliphatic heterocycles. The highest BCUT2D eigenvalue weighted by Gasteiger charge is 2.36. The molecule has 1 amide bonds. The molecule has 1 aromatic carbocycles. The van der Waals surface area contributed by atoms with Crippen molar-refractivity contribution in [3.63, 3.8) is 0 Å². The Balaban J connectivity index is 1.50. The van der Waals surface area contributed by atoms with E-state index >= 15 is 0 Å². The molecule has 1 aliphatic rings. The third kappa shape index (κ3) is 5.36. The largest absolute Gasteiger partial charge is 0.379 e. The highest BCUT2D eigenvalue weighted by molar-refractivity contribution is 6.32. The number of nitrogens with one attached hydrogen (secondary N) is 1. The van der Waals surface area contributed by atoms with Crippen molar-refractivity contribution in [2.45, 2.75) is 58.5 Å². The van der Waals surface area contributed by atoms with Gasteiger partial charge in [0.05, 0.1) is 17.3 Å². The Morgan fingerprint density at radius 3 is 2.65 bits per heavy atom. The molecule has 37 heavy (non-hydrogen) atoms. The SMILES string of the molecule is C=CC(=O)N1C[C@H](CC(=O)c2c(C)nc(CCc3[nH]nc4cc(Cl)c(C(C)(C)C)cc34)n2C)[C@@H](OC)C1. The molecule has 1 saturated heterocycles. The van der Waals surface area contributed by atoms with Crippen molar-refractivity contribution in [1.29, 1.82) is 0 Å². The van der Waals surface area contributed by atoms with E-state index in [2.05, 4.69) is 43.6 Å². The molecular weight excluding hydrogens is 490 g/mol. The Morgan fingerprint density at radius 2 is 2.00 bits per heavy atom. The standard InChI is InChI=1S/C28H36ClN5O3/c1-8-26(36)34-14-17(24(15-34)37-7)11-23(35)27-16(2)30-25(33(27)6)10-9-21-18-12-19(28(3,4)5)20(29)13-22(18)32-31-21/h8,12-13,17,24H,1,9-11,14-15H2,2-7H3,(H,31,32)/t17-,24-/m0/s1. The number of benzene rings is 1. The first-order valence-electron chi connectivity index (χ1n) is 12.6. The second kappa shape index (κ2) is 10.4. The Labute approximate surface area is 223 Å². The van der Waals surface area contributed by atoms with Gasteiger partial charge >= 0.3 is 0 Å². The van der Waals surface area contributed by atoms with Gasteiger partial charge in [0.25, 0.3) is 0 Å². The fourth-order valence-corrected chi connectivity index (χ4v) is 5.78. The number of halogens is 1. The van der Waals surface area contributed by atoms with Crippen LogP contribution in [0.2, 0.25) is 5.02 Å². The Hall–Kier alpha value is -2.97. The molecule has 9 heteroatoms. The number of hydrogen-bond donors (Lipinski definition) is 1. The summed E-state index contributed by atoms with van der Waals surface area (Å²) < 4.78 is 7.48. The fraction of sp³-hybridized carbons (Fsp3) is 0.500. The maximum absolute atomic E-state index is 13.4. The minimum Gasteiger partial charge on any atom is -0.379 e. The van der Waals surface area contributed by atoms with Crippen LogP contribution in [0.5, 0.6) is 0 Å². The number of carbonyl (C=O) groups excluding carboxylic acids is 2. The number of ether oxygens (including phenoxy) is 1. The summed E-state index contributed by atoms with van der Waals surface area (Å²) in [5.74, 6) is 0.639. The van der Waals surface area contributed by atoms with Gasteiger partial charge in [-0.3, -0.25) is 14.7 Å². The number of aromatic amines is 1. The van der Waals surface area contributed by atoms with E-state index in [4.69, 9.17) is 21.3 Å².